The minimum Gasteiger partial charge on any atom is -0.497 e. The van der Waals surface area contributed by atoms with Gasteiger partial charge >= 0.3 is 0 Å². The lowest BCUT2D eigenvalue weighted by Gasteiger charge is -2.11. The van der Waals surface area contributed by atoms with E-state index in [0.29, 0.717) is 5.56 Å². The number of nitrogens with zero attached hydrogens (tertiary/aromatic N) is 2. The van der Waals surface area contributed by atoms with Crippen LogP contribution in [-0.2, 0) is 5.75 Å². The third-order valence-electron chi connectivity index (χ3n) is 6.22. The van der Waals surface area contributed by atoms with E-state index in [-0.39, 0.29) is 11.2 Å². The van der Waals surface area contributed by atoms with Crippen molar-refractivity contribution in [2.45, 2.75) is 11.1 Å². The maximum Gasteiger partial charge on any atom is 0.197 e. The first-order chi connectivity index (χ1) is 16.2. The van der Waals surface area contributed by atoms with E-state index in [2.05, 4.69) is 32.7 Å². The number of aromatic nitrogens is 3. The van der Waals surface area contributed by atoms with Gasteiger partial charge in [-0.3, -0.25) is 9.78 Å². The van der Waals surface area contributed by atoms with Gasteiger partial charge in [-0.05, 0) is 41.5 Å². The monoisotopic (exact) mass is 451 g/mol. The fourth-order valence-electron chi connectivity index (χ4n) is 4.50. The zero-order valence-electron chi connectivity index (χ0n) is 18.0. The van der Waals surface area contributed by atoms with Gasteiger partial charge in [0.1, 0.15) is 11.1 Å². The SMILES string of the molecule is COc1ccc(-c2ccc3c(C(=O)c4ccn5c4CSC5c4cccnc4)c[nH]c3c2)cc1. The summed E-state index contributed by atoms with van der Waals surface area (Å²) in [7, 11) is 1.66. The van der Waals surface area contributed by atoms with Crippen molar-refractivity contribution in [2.24, 2.45) is 0 Å². The van der Waals surface area contributed by atoms with Crippen molar-refractivity contribution >= 4 is 28.4 Å². The van der Waals surface area contributed by atoms with Crippen molar-refractivity contribution in [3.63, 3.8) is 0 Å². The van der Waals surface area contributed by atoms with Crippen LogP contribution < -0.4 is 4.74 Å². The third kappa shape index (κ3) is 3.34. The summed E-state index contributed by atoms with van der Waals surface area (Å²) in [5.41, 5.74) is 6.83. The molecule has 0 radical (unpaired) electrons. The number of benzene rings is 2. The maximum atomic E-state index is 13.5. The highest BCUT2D eigenvalue weighted by atomic mass is 32.2. The zero-order valence-corrected chi connectivity index (χ0v) is 18.8. The smallest absolute Gasteiger partial charge is 0.197 e. The van der Waals surface area contributed by atoms with Crippen LogP contribution in [0.1, 0.15) is 32.6 Å². The van der Waals surface area contributed by atoms with E-state index >= 15 is 0 Å². The van der Waals surface area contributed by atoms with E-state index in [4.69, 9.17) is 4.74 Å². The fourth-order valence-corrected chi connectivity index (χ4v) is 5.81. The normalized spacial score (nSPS) is 15.0. The van der Waals surface area contributed by atoms with Crippen LogP contribution >= 0.6 is 11.8 Å². The number of nitrogens with one attached hydrogen (secondary N) is 1. The van der Waals surface area contributed by atoms with Gasteiger partial charge < -0.3 is 14.3 Å². The van der Waals surface area contributed by atoms with E-state index in [1.165, 1.54) is 0 Å². The average Bonchev–Trinajstić information content (AvgIpc) is 3.59. The molecule has 6 heteroatoms. The number of hydrogen-bond acceptors (Lipinski definition) is 4. The van der Waals surface area contributed by atoms with Crippen molar-refractivity contribution in [3.8, 4) is 16.9 Å². The standard InChI is InChI=1S/C27H21N3O2S/c1-32-20-7-4-17(5-8-20)18-6-9-21-23(15-29-24(21)13-18)26(31)22-10-12-30-25(22)16-33-27(30)19-3-2-11-28-14-19/h2-15,27,29H,16H2,1H3. The number of rotatable bonds is 5. The number of ether oxygens (including phenoxy) is 1. The Kier molecular flexibility index (Phi) is 4.80. The minimum absolute atomic E-state index is 0.0552. The quantitative estimate of drug-likeness (QED) is 0.330. The van der Waals surface area contributed by atoms with Gasteiger partial charge in [-0.25, -0.2) is 0 Å². The van der Waals surface area contributed by atoms with Crippen LogP contribution in [0.25, 0.3) is 22.0 Å². The Morgan fingerprint density at radius 2 is 1.94 bits per heavy atom. The van der Waals surface area contributed by atoms with Crippen LogP contribution in [0.4, 0.5) is 0 Å². The topological polar surface area (TPSA) is 59.9 Å². The molecule has 162 valence electrons. The lowest BCUT2D eigenvalue weighted by atomic mass is 10.00. The molecule has 1 N–H and O–H groups in total. The van der Waals surface area contributed by atoms with E-state index in [1.54, 1.807) is 13.3 Å². The minimum atomic E-state index is 0.0552. The maximum absolute atomic E-state index is 13.5. The lowest BCUT2D eigenvalue weighted by molar-refractivity contribution is 0.103. The fraction of sp³-hybridized carbons (Fsp3) is 0.111. The van der Waals surface area contributed by atoms with Crippen LogP contribution in [0.15, 0.2) is 85.5 Å². The van der Waals surface area contributed by atoms with Crippen molar-refractivity contribution in [3.05, 3.63) is 108 Å². The first kappa shape index (κ1) is 19.9. The van der Waals surface area contributed by atoms with Crippen molar-refractivity contribution in [2.75, 3.05) is 7.11 Å². The Balaban J connectivity index is 1.32. The van der Waals surface area contributed by atoms with E-state index in [9.17, 15) is 4.79 Å². The highest BCUT2D eigenvalue weighted by molar-refractivity contribution is 7.99. The molecule has 3 aromatic heterocycles. The van der Waals surface area contributed by atoms with Crippen LogP contribution in [0.3, 0.4) is 0 Å². The molecule has 0 bridgehead atoms. The summed E-state index contributed by atoms with van der Waals surface area (Å²) in [6.45, 7) is 0. The van der Waals surface area contributed by atoms with Crippen LogP contribution in [-0.4, -0.2) is 27.4 Å². The largest absolute Gasteiger partial charge is 0.497 e. The summed E-state index contributed by atoms with van der Waals surface area (Å²) in [5.74, 6) is 1.69. The summed E-state index contributed by atoms with van der Waals surface area (Å²) in [5, 5.41) is 1.09. The number of aromatic amines is 1. The highest BCUT2D eigenvalue weighted by Gasteiger charge is 2.29. The van der Waals surface area contributed by atoms with Gasteiger partial charge in [0.2, 0.25) is 0 Å². The van der Waals surface area contributed by atoms with Gasteiger partial charge in [0, 0.05) is 63.8 Å². The highest BCUT2D eigenvalue weighted by Crippen LogP contribution is 2.42. The molecule has 2 aromatic carbocycles. The molecule has 1 aliphatic heterocycles. The second-order valence-corrected chi connectivity index (χ2v) is 9.12. The second-order valence-electron chi connectivity index (χ2n) is 8.05. The molecule has 5 aromatic rings. The summed E-state index contributed by atoms with van der Waals surface area (Å²) < 4.78 is 7.45. The number of carbonyl (C=O) groups is 1. The summed E-state index contributed by atoms with van der Waals surface area (Å²) in [4.78, 5) is 21.1. The van der Waals surface area contributed by atoms with Crippen LogP contribution in [0, 0.1) is 0 Å². The summed E-state index contributed by atoms with van der Waals surface area (Å²) in [6, 6.07) is 20.1. The molecule has 0 saturated carbocycles. The number of fused-ring (bicyclic) bond motifs is 2. The summed E-state index contributed by atoms with van der Waals surface area (Å²) >= 11 is 1.82. The molecule has 0 spiro atoms. The second kappa shape index (κ2) is 7.98. The van der Waals surface area contributed by atoms with Gasteiger partial charge in [-0.2, -0.15) is 0 Å². The van der Waals surface area contributed by atoms with Gasteiger partial charge in [0.15, 0.2) is 5.78 Å². The molecule has 4 heterocycles. The molecule has 33 heavy (non-hydrogen) atoms. The number of methoxy groups -OCH3 is 1. The van der Waals surface area contributed by atoms with Crippen LogP contribution in [0.5, 0.6) is 5.75 Å². The Labute approximate surface area is 195 Å². The van der Waals surface area contributed by atoms with Gasteiger partial charge in [0.25, 0.3) is 0 Å². The molecule has 1 aliphatic rings. The lowest BCUT2D eigenvalue weighted by Crippen LogP contribution is -2.05. The van der Waals surface area contributed by atoms with Gasteiger partial charge in [-0.15, -0.1) is 11.8 Å². The molecule has 1 unspecified atom stereocenters. The number of pyridine rings is 1. The van der Waals surface area contributed by atoms with E-state index < -0.39 is 0 Å². The zero-order chi connectivity index (χ0) is 22.4. The Bertz CT molecular complexity index is 1470. The van der Waals surface area contributed by atoms with Crippen LogP contribution in [0.2, 0.25) is 0 Å². The molecule has 5 nitrogen and oxygen atoms in total. The predicted octanol–water partition coefficient (Wildman–Crippen LogP) is 6.06. The predicted molar refractivity (Wildman–Crippen MR) is 132 cm³/mol. The number of thioether (sulfide) groups is 1. The molecule has 6 rings (SSSR count). The molecule has 0 saturated heterocycles. The Morgan fingerprint density at radius 1 is 1.09 bits per heavy atom. The molecular formula is C27H21N3O2S. The molecule has 0 amide bonds. The first-order valence-electron chi connectivity index (χ1n) is 10.7. The average molecular weight is 452 g/mol. The number of carbonyl (C=O) groups excluding carboxylic acids is 1. The first-order valence-corrected chi connectivity index (χ1v) is 11.8. The Hall–Kier alpha value is -3.77. The van der Waals surface area contributed by atoms with Crippen molar-refractivity contribution in [1.82, 2.24) is 14.5 Å². The van der Waals surface area contributed by atoms with Crippen molar-refractivity contribution in [1.29, 1.82) is 0 Å². The van der Waals surface area contributed by atoms with Crippen molar-refractivity contribution < 1.29 is 9.53 Å². The number of H-pyrrole nitrogens is 1. The van der Waals surface area contributed by atoms with Gasteiger partial charge in [0.05, 0.1) is 7.11 Å². The molecular weight excluding hydrogens is 430 g/mol. The molecule has 0 fully saturated rings. The molecule has 0 aliphatic carbocycles. The van der Waals surface area contributed by atoms with E-state index in [0.717, 1.165) is 50.4 Å². The number of ketones is 1. The Morgan fingerprint density at radius 3 is 2.73 bits per heavy atom. The van der Waals surface area contributed by atoms with Gasteiger partial charge in [-0.1, -0.05) is 30.3 Å². The third-order valence-corrected chi connectivity index (χ3v) is 7.47. The number of hydrogen-bond donors (Lipinski definition) is 1. The summed E-state index contributed by atoms with van der Waals surface area (Å²) in [6.07, 6.45) is 7.53. The molecule has 1 atom stereocenters. The van der Waals surface area contributed by atoms with E-state index in [1.807, 2.05) is 72.8 Å².